The van der Waals surface area contributed by atoms with Crippen molar-refractivity contribution in [2.45, 2.75) is 19.8 Å². The van der Waals surface area contributed by atoms with Crippen molar-refractivity contribution in [3.05, 3.63) is 63.6 Å². The Morgan fingerprint density at radius 3 is 2.50 bits per heavy atom. The Kier molecular flexibility index (Phi) is 5.96. The molecule has 10 heteroatoms. The van der Waals surface area contributed by atoms with Gasteiger partial charge in [-0.05, 0) is 42.6 Å². The highest BCUT2D eigenvalue weighted by molar-refractivity contribution is 7.14. The second-order valence-electron chi connectivity index (χ2n) is 6.50. The van der Waals surface area contributed by atoms with Crippen LogP contribution in [-0.2, 0) is 22.4 Å². The van der Waals surface area contributed by atoms with E-state index in [1.807, 2.05) is 36.6 Å². The number of hydrogen-bond acceptors (Lipinski definition) is 7. The van der Waals surface area contributed by atoms with Crippen molar-refractivity contribution in [1.29, 1.82) is 0 Å². The fraction of sp³-hybridized carbons (Fsp3) is 0.150. The van der Waals surface area contributed by atoms with Gasteiger partial charge in [0.25, 0.3) is 0 Å². The number of H-pyrrole nitrogens is 1. The highest BCUT2D eigenvalue weighted by atomic mass is 32.1. The average Bonchev–Trinajstić information content (AvgIpc) is 3.46. The van der Waals surface area contributed by atoms with Crippen LogP contribution < -0.4 is 10.6 Å². The maximum atomic E-state index is 12.3. The van der Waals surface area contributed by atoms with Gasteiger partial charge in [0, 0.05) is 21.5 Å². The first-order valence-electron chi connectivity index (χ1n) is 9.11. The molecule has 0 saturated heterocycles. The summed E-state index contributed by atoms with van der Waals surface area (Å²) >= 11 is 2.84. The summed E-state index contributed by atoms with van der Waals surface area (Å²) in [5, 5.41) is 16.7. The van der Waals surface area contributed by atoms with Gasteiger partial charge in [0.1, 0.15) is 5.82 Å². The molecule has 0 aliphatic heterocycles. The van der Waals surface area contributed by atoms with Gasteiger partial charge in [0.2, 0.25) is 11.8 Å². The summed E-state index contributed by atoms with van der Waals surface area (Å²) in [5.74, 6) is 1.05. The van der Waals surface area contributed by atoms with Gasteiger partial charge in [-0.1, -0.05) is 6.07 Å². The van der Waals surface area contributed by atoms with E-state index in [4.69, 9.17) is 0 Å². The molecule has 0 aliphatic carbocycles. The van der Waals surface area contributed by atoms with Crippen LogP contribution in [0.3, 0.4) is 0 Å². The van der Waals surface area contributed by atoms with Gasteiger partial charge in [-0.15, -0.1) is 22.7 Å². The van der Waals surface area contributed by atoms with Crippen LogP contribution in [-0.4, -0.2) is 32.0 Å². The van der Waals surface area contributed by atoms with E-state index in [1.54, 1.807) is 17.5 Å². The molecule has 4 rings (SSSR count). The number of benzene rings is 1. The summed E-state index contributed by atoms with van der Waals surface area (Å²) in [6.45, 7) is 1.84. The van der Waals surface area contributed by atoms with Crippen LogP contribution in [0.2, 0.25) is 0 Å². The van der Waals surface area contributed by atoms with E-state index in [0.29, 0.717) is 28.8 Å². The highest BCUT2D eigenvalue weighted by Crippen LogP contribution is 2.20. The molecule has 30 heavy (non-hydrogen) atoms. The second kappa shape index (κ2) is 8.97. The summed E-state index contributed by atoms with van der Waals surface area (Å²) in [5.41, 5.74) is 2.15. The third-order valence-electron chi connectivity index (χ3n) is 4.08. The van der Waals surface area contributed by atoms with Gasteiger partial charge in [-0.25, -0.2) is 9.97 Å². The Morgan fingerprint density at radius 1 is 1.00 bits per heavy atom. The highest BCUT2D eigenvalue weighted by Gasteiger charge is 2.11. The largest absolute Gasteiger partial charge is 0.326 e. The smallest absolute Gasteiger partial charge is 0.231 e. The number of carbonyl (C=O) groups is 2. The number of nitrogens with one attached hydrogen (secondary N) is 3. The number of thiophene rings is 1. The Morgan fingerprint density at radius 2 is 1.80 bits per heavy atom. The summed E-state index contributed by atoms with van der Waals surface area (Å²) < 4.78 is 0. The Bertz CT molecular complexity index is 1150. The molecular weight excluding hydrogens is 420 g/mol. The molecule has 0 atom stereocenters. The number of carbonyl (C=O) groups excluding carboxylic acids is 2. The molecule has 0 unspecified atom stereocenters. The lowest BCUT2D eigenvalue weighted by Gasteiger charge is -2.04. The average molecular weight is 439 g/mol. The zero-order chi connectivity index (χ0) is 20.9. The lowest BCUT2D eigenvalue weighted by Crippen LogP contribution is -2.15. The molecule has 4 aromatic rings. The molecule has 1 aromatic carbocycles. The van der Waals surface area contributed by atoms with E-state index in [-0.39, 0.29) is 18.2 Å². The molecule has 3 heterocycles. The van der Waals surface area contributed by atoms with Crippen LogP contribution in [0.15, 0.2) is 47.2 Å². The zero-order valence-corrected chi connectivity index (χ0v) is 17.6. The predicted molar refractivity (Wildman–Crippen MR) is 118 cm³/mol. The molecule has 3 aromatic heterocycles. The number of aryl methyl sites for hydroxylation is 1. The zero-order valence-electron chi connectivity index (χ0n) is 16.0. The number of rotatable bonds is 7. The van der Waals surface area contributed by atoms with E-state index in [9.17, 15) is 9.59 Å². The Labute approximate surface area is 180 Å². The molecule has 3 N–H and O–H groups in total. The van der Waals surface area contributed by atoms with Crippen LogP contribution in [0.1, 0.15) is 16.4 Å². The Balaban J connectivity index is 1.29. The number of thiazole rings is 1. The third kappa shape index (κ3) is 5.16. The lowest BCUT2D eigenvalue weighted by atomic mass is 10.2. The van der Waals surface area contributed by atoms with E-state index in [0.717, 1.165) is 16.3 Å². The van der Waals surface area contributed by atoms with E-state index in [2.05, 4.69) is 30.8 Å². The maximum absolute atomic E-state index is 12.3. The fourth-order valence-corrected chi connectivity index (χ4v) is 4.15. The first kappa shape index (κ1) is 19.9. The number of nitrogens with zero attached hydrogens (tertiary/aromatic N) is 3. The van der Waals surface area contributed by atoms with Gasteiger partial charge < -0.3 is 10.6 Å². The molecule has 8 nitrogen and oxygen atoms in total. The summed E-state index contributed by atoms with van der Waals surface area (Å²) in [4.78, 5) is 34.0. The van der Waals surface area contributed by atoms with Crippen LogP contribution in [0.5, 0.6) is 0 Å². The number of aromatic nitrogens is 4. The van der Waals surface area contributed by atoms with Crippen LogP contribution in [0, 0.1) is 6.92 Å². The molecule has 0 aliphatic rings. The van der Waals surface area contributed by atoms with E-state index < -0.39 is 0 Å². The lowest BCUT2D eigenvalue weighted by molar-refractivity contribution is -0.116. The van der Waals surface area contributed by atoms with Crippen molar-refractivity contribution in [3.8, 4) is 11.4 Å². The Hall–Kier alpha value is -3.37. The first-order valence-corrected chi connectivity index (χ1v) is 10.9. The number of hydrogen-bond donors (Lipinski definition) is 3. The van der Waals surface area contributed by atoms with Crippen molar-refractivity contribution in [1.82, 2.24) is 20.2 Å². The van der Waals surface area contributed by atoms with Crippen molar-refractivity contribution in [2.75, 3.05) is 10.6 Å². The first-order chi connectivity index (χ1) is 14.5. The van der Waals surface area contributed by atoms with Crippen molar-refractivity contribution >= 4 is 45.3 Å². The second-order valence-corrected chi connectivity index (χ2v) is 8.39. The minimum atomic E-state index is -0.182. The topological polar surface area (TPSA) is 113 Å². The molecule has 0 fully saturated rings. The quantitative estimate of drug-likeness (QED) is 0.408. The van der Waals surface area contributed by atoms with Crippen molar-refractivity contribution in [2.24, 2.45) is 0 Å². The van der Waals surface area contributed by atoms with E-state index in [1.165, 1.54) is 22.7 Å². The predicted octanol–water partition coefficient (Wildman–Crippen LogP) is 3.66. The van der Waals surface area contributed by atoms with Crippen LogP contribution in [0.25, 0.3) is 11.4 Å². The molecule has 2 amide bonds. The van der Waals surface area contributed by atoms with Gasteiger partial charge in [-0.2, -0.15) is 5.10 Å². The molecule has 152 valence electrons. The van der Waals surface area contributed by atoms with Gasteiger partial charge in [0.05, 0.1) is 18.5 Å². The monoisotopic (exact) mass is 438 g/mol. The van der Waals surface area contributed by atoms with Gasteiger partial charge >= 0.3 is 0 Å². The van der Waals surface area contributed by atoms with Crippen molar-refractivity contribution in [3.63, 3.8) is 0 Å². The van der Waals surface area contributed by atoms with Crippen LogP contribution >= 0.6 is 22.7 Å². The molecule has 0 bridgehead atoms. The number of anilines is 2. The standard InChI is InChI=1S/C20H18N6O2S2/c1-12-21-19(26-25-12)13-4-6-14(7-5-13)22-17(27)9-15-11-30-20(23-15)24-18(28)10-16-3-2-8-29-16/h2-8,11H,9-10H2,1H3,(H,22,27)(H,21,25,26)(H,23,24,28). The third-order valence-corrected chi connectivity index (χ3v) is 5.76. The maximum Gasteiger partial charge on any atom is 0.231 e. The summed E-state index contributed by atoms with van der Waals surface area (Å²) in [6, 6.07) is 11.1. The molecule has 0 spiro atoms. The summed E-state index contributed by atoms with van der Waals surface area (Å²) in [7, 11) is 0. The van der Waals surface area contributed by atoms with Gasteiger partial charge in [-0.3, -0.25) is 14.7 Å². The molecular formula is C20H18N6O2S2. The van der Waals surface area contributed by atoms with Crippen molar-refractivity contribution < 1.29 is 9.59 Å². The van der Waals surface area contributed by atoms with Crippen LogP contribution in [0.4, 0.5) is 10.8 Å². The summed E-state index contributed by atoms with van der Waals surface area (Å²) in [6.07, 6.45) is 0.440. The SMILES string of the molecule is Cc1nc(-c2ccc(NC(=O)Cc3csc(NC(=O)Cc4cccs4)n3)cc2)n[nH]1. The fourth-order valence-electron chi connectivity index (χ4n) is 2.72. The molecule has 0 radical (unpaired) electrons. The minimum absolute atomic E-state index is 0.121. The van der Waals surface area contributed by atoms with E-state index >= 15 is 0 Å². The number of aromatic amines is 1. The van der Waals surface area contributed by atoms with Gasteiger partial charge in [0.15, 0.2) is 11.0 Å². The number of amides is 2. The molecule has 0 saturated carbocycles. The minimum Gasteiger partial charge on any atom is -0.326 e. The normalized spacial score (nSPS) is 10.7.